The largest absolute Gasteiger partial charge is 0.484 e. The Balaban J connectivity index is 1.28. The van der Waals surface area contributed by atoms with Crippen LogP contribution in [0.2, 0.25) is 0 Å². The number of aryl methyl sites for hydroxylation is 2. The molecule has 2 aliphatic rings. The van der Waals surface area contributed by atoms with E-state index in [4.69, 9.17) is 9.84 Å². The van der Waals surface area contributed by atoms with Crippen LogP contribution in [0.4, 0.5) is 19.0 Å². The lowest BCUT2D eigenvalue weighted by atomic mass is 9.96. The van der Waals surface area contributed by atoms with Crippen molar-refractivity contribution in [3.63, 3.8) is 0 Å². The van der Waals surface area contributed by atoms with Crippen molar-refractivity contribution >= 4 is 17.6 Å². The molecule has 1 saturated carbocycles. The molecule has 5 rings (SSSR count). The highest BCUT2D eigenvalue weighted by molar-refractivity contribution is 6.08. The maximum Gasteiger partial charge on any atom is 0.422 e. The number of hydrogen-bond acceptors (Lipinski definition) is 6. The molecule has 0 unspecified atom stereocenters. The summed E-state index contributed by atoms with van der Waals surface area (Å²) in [6.45, 7) is -0.770. The first-order valence-electron chi connectivity index (χ1n) is 12.5. The smallest absolute Gasteiger partial charge is 0.422 e. The van der Waals surface area contributed by atoms with E-state index >= 15 is 0 Å². The Labute approximate surface area is 216 Å². The first-order chi connectivity index (χ1) is 18.2. The monoisotopic (exact) mass is 528 g/mol. The van der Waals surface area contributed by atoms with Crippen LogP contribution < -0.4 is 15.4 Å². The van der Waals surface area contributed by atoms with Crippen LogP contribution in [0.15, 0.2) is 42.9 Å². The molecule has 38 heavy (non-hydrogen) atoms. The van der Waals surface area contributed by atoms with Gasteiger partial charge in [-0.2, -0.15) is 18.3 Å². The highest BCUT2D eigenvalue weighted by Gasteiger charge is 2.33. The van der Waals surface area contributed by atoms with Gasteiger partial charge in [0.05, 0.1) is 11.9 Å². The molecule has 200 valence electrons. The molecule has 0 saturated heterocycles. The van der Waals surface area contributed by atoms with Gasteiger partial charge in [0.1, 0.15) is 22.8 Å². The van der Waals surface area contributed by atoms with Gasteiger partial charge in [0.15, 0.2) is 6.61 Å². The minimum Gasteiger partial charge on any atom is -0.484 e. The molecule has 0 spiro atoms. The van der Waals surface area contributed by atoms with Crippen molar-refractivity contribution in [3.8, 4) is 5.75 Å². The molecular weight excluding hydrogens is 501 g/mol. The Morgan fingerprint density at radius 2 is 2.05 bits per heavy atom. The third kappa shape index (κ3) is 6.48. The normalized spacial score (nSPS) is 17.0. The number of carbonyl (C=O) groups excluding carboxylic acids is 2. The average molecular weight is 529 g/mol. The van der Waals surface area contributed by atoms with Crippen molar-refractivity contribution in [2.75, 3.05) is 11.9 Å². The number of halogens is 3. The SMILES string of the molecule is O=C(Nc1c2c(nn1CCC1CC1)C[C@H](CCc1cccc(OCC(F)(F)F)c1)NC2=O)c1cnccn1. The third-order valence-corrected chi connectivity index (χ3v) is 6.58. The summed E-state index contributed by atoms with van der Waals surface area (Å²) in [6, 6.07) is 6.30. The molecule has 1 atom stereocenters. The maximum atomic E-state index is 13.2. The van der Waals surface area contributed by atoms with Gasteiger partial charge in [0.2, 0.25) is 0 Å². The molecule has 12 heteroatoms. The second kappa shape index (κ2) is 10.8. The summed E-state index contributed by atoms with van der Waals surface area (Å²) in [5, 5.41) is 10.5. The van der Waals surface area contributed by atoms with Crippen LogP contribution >= 0.6 is 0 Å². The van der Waals surface area contributed by atoms with E-state index in [0.29, 0.717) is 48.8 Å². The summed E-state index contributed by atoms with van der Waals surface area (Å²) >= 11 is 0. The number of benzene rings is 1. The molecule has 1 fully saturated rings. The first kappa shape index (κ1) is 25.7. The van der Waals surface area contributed by atoms with Crippen LogP contribution in [-0.4, -0.2) is 50.4 Å². The minimum atomic E-state index is -4.41. The first-order valence-corrected chi connectivity index (χ1v) is 12.5. The summed E-state index contributed by atoms with van der Waals surface area (Å²) in [5.74, 6) is 0.327. The van der Waals surface area contributed by atoms with Gasteiger partial charge in [-0.3, -0.25) is 14.6 Å². The number of nitrogens with one attached hydrogen (secondary N) is 2. The van der Waals surface area contributed by atoms with E-state index in [-0.39, 0.29) is 23.4 Å². The Hall–Kier alpha value is -3.96. The predicted octanol–water partition coefficient (Wildman–Crippen LogP) is 3.95. The summed E-state index contributed by atoms with van der Waals surface area (Å²) in [6.07, 6.45) is 4.65. The number of amides is 2. The van der Waals surface area contributed by atoms with Crippen LogP contribution in [0.1, 0.15) is 57.8 Å². The van der Waals surface area contributed by atoms with E-state index in [1.807, 2.05) is 6.07 Å². The molecule has 3 heterocycles. The predicted molar refractivity (Wildman–Crippen MR) is 131 cm³/mol. The standard InChI is InChI=1S/C26H27F3N6O3/c27-26(28,29)15-38-19-3-1-2-17(12-19)6-7-18-13-20-22(25(37)32-18)23(35(34-20)11-8-16-4-5-16)33-24(36)21-14-30-9-10-31-21/h1-3,9-10,12,14,16,18H,4-8,11,13,15H2,(H,32,37)(H,33,36)/t18-/m0/s1. The highest BCUT2D eigenvalue weighted by atomic mass is 19.4. The number of aromatic nitrogens is 4. The van der Waals surface area contributed by atoms with Crippen molar-refractivity contribution in [2.24, 2.45) is 5.92 Å². The van der Waals surface area contributed by atoms with Crippen molar-refractivity contribution in [1.29, 1.82) is 0 Å². The fourth-order valence-electron chi connectivity index (χ4n) is 4.49. The van der Waals surface area contributed by atoms with Gasteiger partial charge in [-0.15, -0.1) is 0 Å². The van der Waals surface area contributed by atoms with E-state index in [0.717, 1.165) is 12.0 Å². The van der Waals surface area contributed by atoms with Crippen LogP contribution in [0, 0.1) is 5.92 Å². The van der Waals surface area contributed by atoms with Crippen LogP contribution in [0.5, 0.6) is 5.75 Å². The minimum absolute atomic E-state index is 0.131. The highest BCUT2D eigenvalue weighted by Crippen LogP contribution is 2.34. The Kier molecular flexibility index (Phi) is 7.30. The van der Waals surface area contributed by atoms with Gasteiger partial charge < -0.3 is 15.4 Å². The topological polar surface area (TPSA) is 111 Å². The number of nitrogens with zero attached hydrogens (tertiary/aromatic N) is 4. The third-order valence-electron chi connectivity index (χ3n) is 6.58. The number of rotatable bonds is 10. The lowest BCUT2D eigenvalue weighted by molar-refractivity contribution is -0.153. The molecule has 2 aromatic heterocycles. The number of carbonyl (C=O) groups is 2. The van der Waals surface area contributed by atoms with E-state index in [2.05, 4.69) is 20.6 Å². The van der Waals surface area contributed by atoms with E-state index in [9.17, 15) is 22.8 Å². The fourth-order valence-corrected chi connectivity index (χ4v) is 4.49. The van der Waals surface area contributed by atoms with Gasteiger partial charge >= 0.3 is 6.18 Å². The molecular formula is C26H27F3N6O3. The van der Waals surface area contributed by atoms with Crippen molar-refractivity contribution < 1.29 is 27.5 Å². The zero-order valence-corrected chi connectivity index (χ0v) is 20.5. The molecule has 0 radical (unpaired) electrons. The second-order valence-electron chi connectivity index (χ2n) is 9.63. The Morgan fingerprint density at radius 3 is 2.79 bits per heavy atom. The van der Waals surface area contributed by atoms with Gasteiger partial charge in [-0.1, -0.05) is 25.0 Å². The molecule has 1 aliphatic carbocycles. The van der Waals surface area contributed by atoms with Crippen LogP contribution in [0.3, 0.4) is 0 Å². The van der Waals surface area contributed by atoms with Crippen molar-refractivity contribution in [3.05, 3.63) is 65.4 Å². The zero-order chi connectivity index (χ0) is 26.7. The summed E-state index contributed by atoms with van der Waals surface area (Å²) < 4.78 is 43.9. The molecule has 2 amide bonds. The van der Waals surface area contributed by atoms with E-state index in [1.165, 1.54) is 37.5 Å². The van der Waals surface area contributed by atoms with Gasteiger partial charge in [0.25, 0.3) is 11.8 Å². The Bertz CT molecular complexity index is 1310. The van der Waals surface area contributed by atoms with Gasteiger partial charge in [-0.05, 0) is 42.9 Å². The lowest BCUT2D eigenvalue weighted by Gasteiger charge is -2.23. The van der Waals surface area contributed by atoms with E-state index in [1.54, 1.807) is 16.8 Å². The van der Waals surface area contributed by atoms with Crippen LogP contribution in [-0.2, 0) is 19.4 Å². The van der Waals surface area contributed by atoms with Crippen molar-refractivity contribution in [2.45, 2.75) is 57.3 Å². The van der Waals surface area contributed by atoms with E-state index < -0.39 is 18.7 Å². The summed E-state index contributed by atoms with van der Waals surface area (Å²) in [5.41, 5.74) is 1.88. The quantitative estimate of drug-likeness (QED) is 0.412. The number of hydrogen-bond donors (Lipinski definition) is 2. The second-order valence-corrected chi connectivity index (χ2v) is 9.63. The number of alkyl halides is 3. The molecule has 9 nitrogen and oxygen atoms in total. The van der Waals surface area contributed by atoms with Crippen LogP contribution in [0.25, 0.3) is 0 Å². The molecule has 3 aromatic rings. The average Bonchev–Trinajstić information content (AvgIpc) is 3.66. The van der Waals surface area contributed by atoms with Gasteiger partial charge in [0, 0.05) is 31.4 Å². The molecule has 1 aromatic carbocycles. The fraction of sp³-hybridized carbons (Fsp3) is 0.423. The molecule has 1 aliphatic heterocycles. The number of ether oxygens (including phenoxy) is 1. The summed E-state index contributed by atoms with van der Waals surface area (Å²) in [4.78, 5) is 33.9. The lowest BCUT2D eigenvalue weighted by Crippen LogP contribution is -2.41. The molecule has 0 bridgehead atoms. The zero-order valence-electron chi connectivity index (χ0n) is 20.5. The summed E-state index contributed by atoms with van der Waals surface area (Å²) in [7, 11) is 0. The number of anilines is 1. The number of fused-ring (bicyclic) bond motifs is 1. The van der Waals surface area contributed by atoms with Gasteiger partial charge in [-0.25, -0.2) is 9.67 Å². The Morgan fingerprint density at radius 1 is 1.21 bits per heavy atom. The maximum absolute atomic E-state index is 13.2. The molecule has 2 N–H and O–H groups in total. The van der Waals surface area contributed by atoms with Crippen molar-refractivity contribution in [1.82, 2.24) is 25.1 Å².